The molecule has 0 radical (unpaired) electrons. The van der Waals surface area contributed by atoms with E-state index in [1.54, 1.807) is 12.1 Å². The van der Waals surface area contributed by atoms with Crippen LogP contribution >= 0.6 is 23.4 Å². The van der Waals surface area contributed by atoms with Gasteiger partial charge in [0.1, 0.15) is 0 Å². The fourth-order valence-electron chi connectivity index (χ4n) is 3.89. The molecule has 0 spiro atoms. The number of ether oxygens (including phenoxy) is 1. The first-order chi connectivity index (χ1) is 16.3. The molecule has 0 saturated carbocycles. The van der Waals surface area contributed by atoms with Gasteiger partial charge in [-0.1, -0.05) is 65.8 Å². The number of esters is 1. The Morgan fingerprint density at radius 1 is 1.15 bits per heavy atom. The molecular weight excluding hydrogens is 470 g/mol. The van der Waals surface area contributed by atoms with E-state index in [-0.39, 0.29) is 18.4 Å². The summed E-state index contributed by atoms with van der Waals surface area (Å²) in [6.07, 6.45) is -0.107. The highest BCUT2D eigenvalue weighted by Crippen LogP contribution is 2.45. The number of rotatable bonds is 7. The minimum absolute atomic E-state index is 0.107. The molecule has 0 aromatic heterocycles. The van der Waals surface area contributed by atoms with Crippen molar-refractivity contribution in [3.63, 3.8) is 0 Å². The highest BCUT2D eigenvalue weighted by atomic mass is 35.5. The van der Waals surface area contributed by atoms with Gasteiger partial charge in [0.2, 0.25) is 5.91 Å². The Labute approximate surface area is 208 Å². The van der Waals surface area contributed by atoms with E-state index in [1.807, 2.05) is 73.5 Å². The second-order valence-corrected chi connectivity index (χ2v) is 9.61. The van der Waals surface area contributed by atoms with E-state index in [0.717, 1.165) is 22.0 Å². The molecule has 1 N–H and O–H groups in total. The lowest BCUT2D eigenvalue weighted by molar-refractivity contribution is -0.143. The second-order valence-electron chi connectivity index (χ2n) is 8.34. The Hall–Kier alpha value is -3.03. The number of amidine groups is 1. The molecule has 0 fully saturated rings. The van der Waals surface area contributed by atoms with E-state index in [4.69, 9.17) is 16.3 Å². The number of aliphatic imine (C=N–C) groups is 1. The van der Waals surface area contributed by atoms with E-state index in [0.29, 0.717) is 22.8 Å². The largest absolute Gasteiger partial charge is 0.459 e. The number of carbonyl (C=O) groups is 2. The maximum absolute atomic E-state index is 13.1. The molecule has 1 atom stereocenters. The van der Waals surface area contributed by atoms with Gasteiger partial charge >= 0.3 is 5.97 Å². The van der Waals surface area contributed by atoms with Crippen molar-refractivity contribution in [3.05, 3.63) is 93.1 Å². The lowest BCUT2D eigenvalue weighted by atomic mass is 9.94. The van der Waals surface area contributed by atoms with Crippen molar-refractivity contribution in [2.24, 2.45) is 4.99 Å². The van der Waals surface area contributed by atoms with E-state index in [9.17, 15) is 9.59 Å². The molecule has 4 rings (SSSR count). The van der Waals surface area contributed by atoms with E-state index in [2.05, 4.69) is 10.3 Å². The number of hydrogen-bond donors (Lipinski definition) is 1. The molecular formula is C26H26ClN3O3S. The Kier molecular flexibility index (Phi) is 7.44. The zero-order chi connectivity index (χ0) is 24.2. The minimum atomic E-state index is -0.473. The standard InChI is InChI=1S/C26H26ClN3O3S/c1-16(2)33-25(32)23-17(3)29-26-30(24(23)19-9-11-20(27)12-10-19)21(15-34-26)13-22(31)28-14-18-7-5-4-6-8-18/h4-12,15-16,24H,13-14H2,1-3H3,(H,28,31). The maximum Gasteiger partial charge on any atom is 0.338 e. The number of halogens is 1. The predicted molar refractivity (Wildman–Crippen MR) is 136 cm³/mol. The average molecular weight is 496 g/mol. The van der Waals surface area contributed by atoms with Gasteiger partial charge in [-0.25, -0.2) is 9.79 Å². The van der Waals surface area contributed by atoms with Crippen molar-refractivity contribution in [1.29, 1.82) is 0 Å². The predicted octanol–water partition coefficient (Wildman–Crippen LogP) is 5.57. The number of benzene rings is 2. The highest BCUT2D eigenvalue weighted by molar-refractivity contribution is 8.16. The van der Waals surface area contributed by atoms with Crippen LogP contribution in [0, 0.1) is 0 Å². The van der Waals surface area contributed by atoms with E-state index < -0.39 is 12.0 Å². The second kappa shape index (κ2) is 10.5. The van der Waals surface area contributed by atoms with Gasteiger partial charge in [-0.15, -0.1) is 0 Å². The topological polar surface area (TPSA) is 71.0 Å². The lowest BCUT2D eigenvalue weighted by Gasteiger charge is -2.36. The molecule has 1 amide bonds. The van der Waals surface area contributed by atoms with Gasteiger partial charge in [0.25, 0.3) is 0 Å². The minimum Gasteiger partial charge on any atom is -0.459 e. The monoisotopic (exact) mass is 495 g/mol. The van der Waals surface area contributed by atoms with Gasteiger partial charge in [0.15, 0.2) is 5.17 Å². The molecule has 1 unspecified atom stereocenters. The number of amides is 1. The van der Waals surface area contributed by atoms with Crippen molar-refractivity contribution in [1.82, 2.24) is 10.2 Å². The highest BCUT2D eigenvalue weighted by Gasteiger charge is 2.41. The summed E-state index contributed by atoms with van der Waals surface area (Å²) in [4.78, 5) is 32.6. The number of allylic oxidation sites excluding steroid dienone is 1. The number of hydrogen-bond acceptors (Lipinski definition) is 6. The number of thioether (sulfide) groups is 1. The summed E-state index contributed by atoms with van der Waals surface area (Å²) in [6, 6.07) is 16.7. The molecule has 0 saturated heterocycles. The Bertz CT molecular complexity index is 1170. The van der Waals surface area contributed by atoms with Crippen LogP contribution in [-0.4, -0.2) is 28.0 Å². The lowest BCUT2D eigenvalue weighted by Crippen LogP contribution is -2.38. The first-order valence-electron chi connectivity index (χ1n) is 11.0. The van der Waals surface area contributed by atoms with Gasteiger partial charge < -0.3 is 15.0 Å². The molecule has 2 aliphatic heterocycles. The SMILES string of the molecule is CC1=C(C(=O)OC(C)C)C(c2ccc(Cl)cc2)N2C(CC(=O)NCc3ccccc3)=CSC2=N1. The van der Waals surface area contributed by atoms with E-state index in [1.165, 1.54) is 11.8 Å². The van der Waals surface area contributed by atoms with Crippen LogP contribution < -0.4 is 5.32 Å². The molecule has 0 bridgehead atoms. The first-order valence-corrected chi connectivity index (χ1v) is 12.3. The van der Waals surface area contributed by atoms with Crippen LogP contribution in [0.3, 0.4) is 0 Å². The van der Waals surface area contributed by atoms with Gasteiger partial charge in [-0.2, -0.15) is 0 Å². The first kappa shape index (κ1) is 24.1. The summed E-state index contributed by atoms with van der Waals surface area (Å²) >= 11 is 7.58. The fraction of sp³-hybridized carbons (Fsp3) is 0.269. The maximum atomic E-state index is 13.1. The quantitative estimate of drug-likeness (QED) is 0.508. The molecule has 2 heterocycles. The molecule has 0 aliphatic carbocycles. The summed E-state index contributed by atoms with van der Waals surface area (Å²) in [5.74, 6) is -0.524. The van der Waals surface area contributed by atoms with Crippen molar-refractivity contribution < 1.29 is 14.3 Å². The van der Waals surface area contributed by atoms with Gasteiger partial charge in [0, 0.05) is 17.3 Å². The van der Waals surface area contributed by atoms with Crippen LogP contribution in [0.5, 0.6) is 0 Å². The third-order valence-electron chi connectivity index (χ3n) is 5.42. The van der Waals surface area contributed by atoms with Crippen LogP contribution in [-0.2, 0) is 20.9 Å². The fourth-order valence-corrected chi connectivity index (χ4v) is 4.98. The van der Waals surface area contributed by atoms with Crippen molar-refractivity contribution >= 4 is 40.4 Å². The zero-order valence-corrected chi connectivity index (χ0v) is 20.8. The van der Waals surface area contributed by atoms with Crippen LogP contribution in [0.1, 0.15) is 44.4 Å². The van der Waals surface area contributed by atoms with Gasteiger partial charge in [0.05, 0.1) is 29.8 Å². The third kappa shape index (κ3) is 5.37. The molecule has 2 aromatic carbocycles. The Morgan fingerprint density at radius 2 is 1.85 bits per heavy atom. The molecule has 6 nitrogen and oxygen atoms in total. The summed E-state index contributed by atoms with van der Waals surface area (Å²) in [6.45, 7) is 5.90. The van der Waals surface area contributed by atoms with Crippen molar-refractivity contribution in [3.8, 4) is 0 Å². The van der Waals surface area contributed by atoms with Crippen LogP contribution in [0.2, 0.25) is 5.02 Å². The Balaban J connectivity index is 1.61. The van der Waals surface area contributed by atoms with Crippen LogP contribution in [0.25, 0.3) is 0 Å². The smallest absolute Gasteiger partial charge is 0.338 e. The zero-order valence-electron chi connectivity index (χ0n) is 19.2. The number of nitrogens with zero attached hydrogens (tertiary/aromatic N) is 2. The van der Waals surface area contributed by atoms with Crippen molar-refractivity contribution in [2.45, 2.75) is 45.9 Å². The molecule has 176 valence electrons. The average Bonchev–Trinajstić information content (AvgIpc) is 3.19. The summed E-state index contributed by atoms with van der Waals surface area (Å²) in [5.41, 5.74) is 3.73. The molecule has 2 aliphatic rings. The van der Waals surface area contributed by atoms with Gasteiger partial charge in [-0.05, 0) is 49.4 Å². The summed E-state index contributed by atoms with van der Waals surface area (Å²) in [5, 5.41) is 6.23. The van der Waals surface area contributed by atoms with Crippen LogP contribution in [0.4, 0.5) is 0 Å². The number of carbonyl (C=O) groups excluding carboxylic acids is 2. The van der Waals surface area contributed by atoms with Crippen molar-refractivity contribution in [2.75, 3.05) is 0 Å². The summed E-state index contributed by atoms with van der Waals surface area (Å²) in [7, 11) is 0. The molecule has 8 heteroatoms. The third-order valence-corrected chi connectivity index (χ3v) is 6.56. The number of fused-ring (bicyclic) bond motifs is 1. The number of nitrogens with one attached hydrogen (secondary N) is 1. The van der Waals surface area contributed by atoms with Crippen LogP contribution in [0.15, 0.2) is 82.0 Å². The van der Waals surface area contributed by atoms with E-state index >= 15 is 0 Å². The van der Waals surface area contributed by atoms with Gasteiger partial charge in [-0.3, -0.25) is 4.79 Å². The molecule has 2 aromatic rings. The Morgan fingerprint density at radius 3 is 2.53 bits per heavy atom. The summed E-state index contributed by atoms with van der Waals surface area (Å²) < 4.78 is 5.56. The normalized spacial score (nSPS) is 17.3. The molecule has 34 heavy (non-hydrogen) atoms.